The van der Waals surface area contributed by atoms with Crippen LogP contribution in [0.5, 0.6) is 0 Å². The molecule has 4 nitrogen and oxygen atoms in total. The van der Waals surface area contributed by atoms with Gasteiger partial charge in [-0.05, 0) is 70.8 Å². The fourth-order valence-electron chi connectivity index (χ4n) is 7.76. The number of hydrogen-bond acceptors (Lipinski definition) is 5. The molecule has 0 bridgehead atoms. The number of anilines is 3. The minimum atomic E-state index is 0.566. The fraction of sp³-hybridized carbons (Fsp3) is 0. The maximum Gasteiger partial charge on any atom is 0.227 e. The molecule has 0 unspecified atom stereocenters. The van der Waals surface area contributed by atoms with E-state index in [1.807, 2.05) is 65.9 Å². The summed E-state index contributed by atoms with van der Waals surface area (Å²) < 4.78 is 16.0. The quantitative estimate of drug-likeness (QED) is 0.172. The van der Waals surface area contributed by atoms with E-state index in [2.05, 4.69) is 132 Å². The zero-order valence-corrected chi connectivity index (χ0v) is 29.8. The molecular weight excluding hydrogens is 681 g/mol. The Hall–Kier alpha value is -6.95. The summed E-state index contributed by atoms with van der Waals surface area (Å²) >= 11 is 1.85. The van der Waals surface area contributed by atoms with Crippen molar-refractivity contribution in [3.05, 3.63) is 182 Å². The van der Waals surface area contributed by atoms with Gasteiger partial charge >= 0.3 is 0 Å². The lowest BCUT2D eigenvalue weighted by Gasteiger charge is -2.26. The van der Waals surface area contributed by atoms with Gasteiger partial charge in [0.05, 0.1) is 11.1 Å². The summed E-state index contributed by atoms with van der Waals surface area (Å²) in [4.78, 5) is 7.42. The average molecular weight is 711 g/mol. The fourth-order valence-corrected chi connectivity index (χ4v) is 9.00. The maximum absolute atomic E-state index is 6.81. The number of para-hydroxylation sites is 1. The summed E-state index contributed by atoms with van der Waals surface area (Å²) in [5.74, 6) is 0.566. The van der Waals surface area contributed by atoms with Crippen molar-refractivity contribution >= 4 is 81.6 Å². The van der Waals surface area contributed by atoms with Crippen molar-refractivity contribution in [1.29, 1.82) is 0 Å². The Kier molecular flexibility index (Phi) is 7.00. The molecular formula is C49H30N2O2S. The van der Waals surface area contributed by atoms with E-state index in [-0.39, 0.29) is 0 Å². The molecule has 0 aliphatic heterocycles. The molecule has 254 valence electrons. The largest absolute Gasteiger partial charge is 0.456 e. The molecule has 0 amide bonds. The van der Waals surface area contributed by atoms with Crippen molar-refractivity contribution < 1.29 is 8.83 Å². The molecule has 0 N–H and O–H groups in total. The summed E-state index contributed by atoms with van der Waals surface area (Å²) in [6.07, 6.45) is 0. The van der Waals surface area contributed by atoms with E-state index in [1.165, 1.54) is 36.9 Å². The lowest BCUT2D eigenvalue weighted by Crippen LogP contribution is -2.10. The topological polar surface area (TPSA) is 42.4 Å². The lowest BCUT2D eigenvalue weighted by molar-refractivity contribution is 0.619. The Morgan fingerprint density at radius 1 is 0.463 bits per heavy atom. The van der Waals surface area contributed by atoms with Crippen molar-refractivity contribution in [3.63, 3.8) is 0 Å². The van der Waals surface area contributed by atoms with E-state index in [0.717, 1.165) is 55.6 Å². The summed E-state index contributed by atoms with van der Waals surface area (Å²) in [5, 5.41) is 4.54. The molecule has 0 aliphatic carbocycles. The molecule has 0 radical (unpaired) electrons. The van der Waals surface area contributed by atoms with Gasteiger partial charge in [0.15, 0.2) is 5.58 Å². The molecule has 0 saturated heterocycles. The first-order valence-corrected chi connectivity index (χ1v) is 18.8. The van der Waals surface area contributed by atoms with Gasteiger partial charge < -0.3 is 13.7 Å². The normalized spacial score (nSPS) is 11.7. The first kappa shape index (κ1) is 30.7. The van der Waals surface area contributed by atoms with Crippen molar-refractivity contribution in [2.45, 2.75) is 0 Å². The van der Waals surface area contributed by atoms with Gasteiger partial charge in [0, 0.05) is 48.6 Å². The van der Waals surface area contributed by atoms with Crippen LogP contribution in [0.3, 0.4) is 0 Å². The first-order chi connectivity index (χ1) is 26.8. The number of nitrogens with zero attached hydrogens (tertiary/aromatic N) is 2. The first-order valence-electron chi connectivity index (χ1n) is 18.0. The summed E-state index contributed by atoms with van der Waals surface area (Å²) in [5.41, 5.74) is 11.5. The van der Waals surface area contributed by atoms with E-state index < -0.39 is 0 Å². The molecule has 11 aromatic rings. The second-order valence-electron chi connectivity index (χ2n) is 13.5. The van der Waals surface area contributed by atoms with E-state index in [9.17, 15) is 0 Å². The van der Waals surface area contributed by atoms with Crippen molar-refractivity contribution in [3.8, 4) is 33.7 Å². The predicted molar refractivity (Wildman–Crippen MR) is 225 cm³/mol. The number of hydrogen-bond donors (Lipinski definition) is 0. The highest BCUT2D eigenvalue weighted by Gasteiger charge is 2.25. The summed E-state index contributed by atoms with van der Waals surface area (Å²) in [7, 11) is 0. The second-order valence-corrected chi connectivity index (χ2v) is 14.6. The number of aromatic nitrogens is 1. The molecule has 0 spiro atoms. The van der Waals surface area contributed by atoms with E-state index in [1.54, 1.807) is 0 Å². The highest BCUT2D eigenvalue weighted by molar-refractivity contribution is 7.26. The molecule has 5 heteroatoms. The highest BCUT2D eigenvalue weighted by atomic mass is 32.1. The third-order valence-corrected chi connectivity index (χ3v) is 11.5. The zero-order valence-electron chi connectivity index (χ0n) is 28.9. The van der Waals surface area contributed by atoms with Crippen LogP contribution >= 0.6 is 11.3 Å². The average Bonchev–Trinajstić information content (AvgIpc) is 3.96. The number of oxazole rings is 1. The van der Waals surface area contributed by atoms with E-state index >= 15 is 0 Å². The van der Waals surface area contributed by atoms with Crippen LogP contribution in [0.1, 0.15) is 0 Å². The molecule has 0 aliphatic rings. The van der Waals surface area contributed by atoms with Gasteiger partial charge in [0.25, 0.3) is 0 Å². The van der Waals surface area contributed by atoms with Gasteiger partial charge in [0.2, 0.25) is 5.89 Å². The van der Waals surface area contributed by atoms with Crippen LogP contribution in [0.25, 0.3) is 86.9 Å². The lowest BCUT2D eigenvalue weighted by atomic mass is 10.0. The number of rotatable bonds is 6. The standard InChI is InChI=1S/C49H30N2O2S/c1-3-12-31(13-4-1)32-22-26-35(27-23-32)51(36-28-24-33(25-29-36)37-18-11-19-39-38-16-8-10-21-44(38)54-48(37)39)41-30-43-45(40-17-7-9-20-42(40)52-43)46-47(41)53-49(50-46)34-14-5-2-6-15-34/h1-30H. The van der Waals surface area contributed by atoms with Gasteiger partial charge in [-0.25, -0.2) is 4.98 Å². The Morgan fingerprint density at radius 3 is 1.83 bits per heavy atom. The van der Waals surface area contributed by atoms with Crippen LogP contribution in [0.4, 0.5) is 17.1 Å². The predicted octanol–water partition coefficient (Wildman–Crippen LogP) is 14.6. The smallest absolute Gasteiger partial charge is 0.227 e. The number of furan rings is 1. The van der Waals surface area contributed by atoms with E-state index in [0.29, 0.717) is 11.5 Å². The molecule has 54 heavy (non-hydrogen) atoms. The molecule has 3 heterocycles. The monoisotopic (exact) mass is 710 g/mol. The second kappa shape index (κ2) is 12.3. The summed E-state index contributed by atoms with van der Waals surface area (Å²) in [6.45, 7) is 0. The van der Waals surface area contributed by atoms with Crippen molar-refractivity contribution in [1.82, 2.24) is 4.98 Å². The molecule has 11 rings (SSSR count). The Bertz CT molecular complexity index is 3140. The Balaban J connectivity index is 1.13. The van der Waals surface area contributed by atoms with Gasteiger partial charge in [0.1, 0.15) is 16.7 Å². The van der Waals surface area contributed by atoms with Gasteiger partial charge in [-0.1, -0.05) is 127 Å². The van der Waals surface area contributed by atoms with E-state index in [4.69, 9.17) is 13.8 Å². The molecule has 0 atom stereocenters. The number of benzene rings is 8. The van der Waals surface area contributed by atoms with Crippen LogP contribution in [0.2, 0.25) is 0 Å². The highest BCUT2D eigenvalue weighted by Crippen LogP contribution is 2.47. The van der Waals surface area contributed by atoms with Crippen LogP contribution in [-0.4, -0.2) is 4.98 Å². The van der Waals surface area contributed by atoms with Crippen molar-refractivity contribution in [2.75, 3.05) is 4.90 Å². The molecule has 8 aromatic carbocycles. The molecule has 0 fully saturated rings. The third-order valence-electron chi connectivity index (χ3n) is 10.3. The Labute approximate surface area is 314 Å². The summed E-state index contributed by atoms with van der Waals surface area (Å²) in [6, 6.07) is 63.7. The maximum atomic E-state index is 6.81. The van der Waals surface area contributed by atoms with Gasteiger partial charge in [-0.3, -0.25) is 0 Å². The number of fused-ring (bicyclic) bond motifs is 8. The SMILES string of the molecule is c1ccc(-c2ccc(N(c3ccc(-c4cccc5c4sc4ccccc45)cc3)c3cc4oc5ccccc5c4c4nc(-c5ccccc5)oc34)cc2)cc1. The van der Waals surface area contributed by atoms with Crippen LogP contribution in [-0.2, 0) is 0 Å². The minimum absolute atomic E-state index is 0.566. The zero-order chi connectivity index (χ0) is 35.6. The van der Waals surface area contributed by atoms with Crippen LogP contribution < -0.4 is 4.90 Å². The van der Waals surface area contributed by atoms with Gasteiger partial charge in [-0.15, -0.1) is 11.3 Å². The number of thiophene rings is 1. The van der Waals surface area contributed by atoms with Crippen molar-refractivity contribution in [2.24, 2.45) is 0 Å². The third kappa shape index (κ3) is 4.94. The molecule has 3 aromatic heterocycles. The minimum Gasteiger partial charge on any atom is -0.456 e. The van der Waals surface area contributed by atoms with Gasteiger partial charge in [-0.2, -0.15) is 0 Å². The molecule has 0 saturated carbocycles. The Morgan fingerprint density at radius 2 is 1.07 bits per heavy atom. The van der Waals surface area contributed by atoms with Crippen LogP contribution in [0.15, 0.2) is 191 Å². The van der Waals surface area contributed by atoms with Crippen LogP contribution in [0, 0.1) is 0 Å².